The number of benzene rings is 1. The van der Waals surface area contributed by atoms with Crippen LogP contribution in [0.25, 0.3) is 0 Å². The van der Waals surface area contributed by atoms with Crippen molar-refractivity contribution in [2.24, 2.45) is 0 Å². The summed E-state index contributed by atoms with van der Waals surface area (Å²) in [5.41, 5.74) is -0.0113. The van der Waals surface area contributed by atoms with Crippen molar-refractivity contribution < 1.29 is 18.0 Å². The number of nitrogens with zero attached hydrogens (tertiary/aromatic N) is 1. The number of carbonyl (C=O) groups is 1. The Bertz CT molecular complexity index is 452. The first-order chi connectivity index (χ1) is 8.86. The summed E-state index contributed by atoms with van der Waals surface area (Å²) in [6, 6.07) is 4.92. The van der Waals surface area contributed by atoms with Crippen molar-refractivity contribution in [1.82, 2.24) is 10.2 Å². The lowest BCUT2D eigenvalue weighted by atomic mass is 10.1. The molecule has 0 bridgehead atoms. The molecule has 0 radical (unpaired) electrons. The number of halogens is 3. The van der Waals surface area contributed by atoms with Crippen LogP contribution in [0, 0.1) is 0 Å². The van der Waals surface area contributed by atoms with E-state index in [0.717, 1.165) is 25.0 Å². The van der Waals surface area contributed by atoms with E-state index in [4.69, 9.17) is 0 Å². The molecule has 1 aromatic carbocycles. The van der Waals surface area contributed by atoms with Crippen LogP contribution in [0.1, 0.15) is 24.0 Å². The van der Waals surface area contributed by atoms with Gasteiger partial charge in [-0.25, -0.2) is 4.79 Å². The number of alkyl halides is 3. The van der Waals surface area contributed by atoms with Crippen LogP contribution in [-0.2, 0) is 12.7 Å². The van der Waals surface area contributed by atoms with Gasteiger partial charge in [-0.2, -0.15) is 13.2 Å². The summed E-state index contributed by atoms with van der Waals surface area (Å²) in [5, 5.41) is 2.82. The molecule has 6 heteroatoms. The number of urea groups is 1. The van der Waals surface area contributed by atoms with E-state index in [1.165, 1.54) is 17.0 Å². The van der Waals surface area contributed by atoms with Crippen molar-refractivity contribution in [1.29, 1.82) is 0 Å². The molecule has 0 atom stereocenters. The average molecular weight is 272 g/mol. The van der Waals surface area contributed by atoms with Gasteiger partial charge in [-0.15, -0.1) is 0 Å². The molecule has 2 amide bonds. The molecule has 0 unspecified atom stereocenters. The van der Waals surface area contributed by atoms with Gasteiger partial charge in [-0.3, -0.25) is 0 Å². The van der Waals surface area contributed by atoms with E-state index < -0.39 is 11.7 Å². The number of hydrogen-bond acceptors (Lipinski definition) is 1. The molecule has 104 valence electrons. The zero-order chi connectivity index (χ0) is 14.0. The van der Waals surface area contributed by atoms with E-state index >= 15 is 0 Å². The van der Waals surface area contributed by atoms with Gasteiger partial charge in [0.25, 0.3) is 0 Å². The Morgan fingerprint density at radius 3 is 2.37 bits per heavy atom. The molecule has 1 fully saturated rings. The molecule has 0 aliphatic heterocycles. The average Bonchev–Trinajstić information content (AvgIpc) is 3.12. The molecule has 0 spiro atoms. The fourth-order valence-electron chi connectivity index (χ4n) is 1.66. The number of amides is 2. The Labute approximate surface area is 109 Å². The van der Waals surface area contributed by atoms with Gasteiger partial charge in [-0.1, -0.05) is 12.1 Å². The molecule has 0 saturated heterocycles. The number of rotatable bonds is 3. The highest BCUT2D eigenvalue weighted by Gasteiger charge is 2.30. The lowest BCUT2D eigenvalue weighted by Crippen LogP contribution is -2.37. The van der Waals surface area contributed by atoms with Crippen LogP contribution in [-0.4, -0.2) is 24.0 Å². The fourth-order valence-corrected chi connectivity index (χ4v) is 1.66. The van der Waals surface area contributed by atoms with Crippen molar-refractivity contribution in [2.45, 2.75) is 31.6 Å². The number of nitrogens with one attached hydrogen (secondary N) is 1. The van der Waals surface area contributed by atoms with Gasteiger partial charge in [0, 0.05) is 19.6 Å². The quantitative estimate of drug-likeness (QED) is 0.901. The Balaban J connectivity index is 1.93. The Morgan fingerprint density at radius 2 is 1.89 bits per heavy atom. The summed E-state index contributed by atoms with van der Waals surface area (Å²) in [7, 11) is 1.62. The summed E-state index contributed by atoms with van der Waals surface area (Å²) >= 11 is 0. The van der Waals surface area contributed by atoms with Crippen molar-refractivity contribution in [2.75, 3.05) is 7.05 Å². The van der Waals surface area contributed by atoms with Crippen LogP contribution >= 0.6 is 0 Å². The minimum Gasteiger partial charge on any atom is -0.335 e. The molecular formula is C13H15F3N2O. The second-order valence-corrected chi connectivity index (χ2v) is 4.77. The third-order valence-corrected chi connectivity index (χ3v) is 2.95. The maximum atomic E-state index is 12.4. The molecular weight excluding hydrogens is 257 g/mol. The molecule has 1 N–H and O–H groups in total. The van der Waals surface area contributed by atoms with Gasteiger partial charge in [0.2, 0.25) is 0 Å². The summed E-state index contributed by atoms with van der Waals surface area (Å²) < 4.78 is 37.2. The lowest BCUT2D eigenvalue weighted by Gasteiger charge is -2.18. The molecule has 1 aliphatic rings. The van der Waals surface area contributed by atoms with E-state index in [-0.39, 0.29) is 18.6 Å². The zero-order valence-electron chi connectivity index (χ0n) is 10.5. The number of carbonyl (C=O) groups excluding carboxylic acids is 1. The van der Waals surface area contributed by atoms with Crippen molar-refractivity contribution in [3.8, 4) is 0 Å². The van der Waals surface area contributed by atoms with Crippen LogP contribution in [0.5, 0.6) is 0 Å². The Hall–Kier alpha value is -1.72. The second kappa shape index (κ2) is 5.11. The molecule has 0 aromatic heterocycles. The van der Waals surface area contributed by atoms with Gasteiger partial charge in [0.1, 0.15) is 0 Å². The van der Waals surface area contributed by atoms with Gasteiger partial charge in [0.15, 0.2) is 0 Å². The Kier molecular flexibility index (Phi) is 3.68. The van der Waals surface area contributed by atoms with Gasteiger partial charge < -0.3 is 10.2 Å². The third-order valence-electron chi connectivity index (χ3n) is 2.95. The standard InChI is InChI=1S/C13H15F3N2O/c1-18(12(19)17-11-6-7-11)8-9-2-4-10(5-3-9)13(14,15)16/h2-5,11H,6-8H2,1H3,(H,17,19). The van der Waals surface area contributed by atoms with Crippen LogP contribution in [0.2, 0.25) is 0 Å². The minimum absolute atomic E-state index is 0.192. The monoisotopic (exact) mass is 272 g/mol. The first-order valence-corrected chi connectivity index (χ1v) is 6.04. The summed E-state index contributed by atoms with van der Waals surface area (Å²) in [6.07, 6.45) is -2.33. The molecule has 1 aromatic rings. The lowest BCUT2D eigenvalue weighted by molar-refractivity contribution is -0.137. The number of hydrogen-bond donors (Lipinski definition) is 1. The maximum absolute atomic E-state index is 12.4. The topological polar surface area (TPSA) is 32.3 Å². The summed E-state index contributed by atoms with van der Waals surface area (Å²) in [5.74, 6) is 0. The predicted octanol–water partition coefficient (Wildman–Crippen LogP) is 3.01. The normalized spacial score (nSPS) is 15.2. The first kappa shape index (κ1) is 13.7. The van der Waals surface area contributed by atoms with E-state index in [1.807, 2.05) is 0 Å². The minimum atomic E-state index is -4.33. The highest BCUT2D eigenvalue weighted by atomic mass is 19.4. The molecule has 19 heavy (non-hydrogen) atoms. The van der Waals surface area contributed by atoms with Gasteiger partial charge >= 0.3 is 12.2 Å². The fraction of sp³-hybridized carbons (Fsp3) is 0.462. The van der Waals surface area contributed by atoms with E-state index in [0.29, 0.717) is 5.56 Å². The molecule has 0 heterocycles. The Morgan fingerprint density at radius 1 is 1.32 bits per heavy atom. The second-order valence-electron chi connectivity index (χ2n) is 4.77. The highest BCUT2D eigenvalue weighted by Crippen LogP contribution is 2.29. The first-order valence-electron chi connectivity index (χ1n) is 6.04. The maximum Gasteiger partial charge on any atom is 0.416 e. The smallest absolute Gasteiger partial charge is 0.335 e. The summed E-state index contributed by atoms with van der Waals surface area (Å²) in [4.78, 5) is 13.1. The SMILES string of the molecule is CN(Cc1ccc(C(F)(F)F)cc1)C(=O)NC1CC1. The van der Waals surface area contributed by atoms with Crippen LogP contribution in [0.3, 0.4) is 0 Å². The van der Waals surface area contributed by atoms with E-state index in [9.17, 15) is 18.0 Å². The molecule has 1 saturated carbocycles. The molecule has 3 nitrogen and oxygen atoms in total. The van der Waals surface area contributed by atoms with Gasteiger partial charge in [-0.05, 0) is 30.5 Å². The highest BCUT2D eigenvalue weighted by molar-refractivity contribution is 5.74. The zero-order valence-corrected chi connectivity index (χ0v) is 10.5. The van der Waals surface area contributed by atoms with Crippen LogP contribution < -0.4 is 5.32 Å². The molecule has 2 rings (SSSR count). The molecule has 1 aliphatic carbocycles. The third kappa shape index (κ3) is 3.87. The summed E-state index contributed by atoms with van der Waals surface area (Å²) in [6.45, 7) is 0.288. The van der Waals surface area contributed by atoms with Crippen molar-refractivity contribution in [3.05, 3.63) is 35.4 Å². The van der Waals surface area contributed by atoms with E-state index in [2.05, 4.69) is 5.32 Å². The van der Waals surface area contributed by atoms with Crippen LogP contribution in [0.4, 0.5) is 18.0 Å². The van der Waals surface area contributed by atoms with Crippen LogP contribution in [0.15, 0.2) is 24.3 Å². The van der Waals surface area contributed by atoms with Crippen molar-refractivity contribution in [3.63, 3.8) is 0 Å². The van der Waals surface area contributed by atoms with E-state index in [1.54, 1.807) is 7.05 Å². The van der Waals surface area contributed by atoms with Gasteiger partial charge in [0.05, 0.1) is 5.56 Å². The van der Waals surface area contributed by atoms with Crippen molar-refractivity contribution >= 4 is 6.03 Å². The predicted molar refractivity (Wildman–Crippen MR) is 64.5 cm³/mol. The largest absolute Gasteiger partial charge is 0.416 e.